The molecule has 3 N–H and O–H groups in total. The Balaban J connectivity index is 1.34. The Bertz CT molecular complexity index is 1790. The van der Waals surface area contributed by atoms with Crippen molar-refractivity contribution in [1.29, 1.82) is 0 Å². The number of aromatic nitrogens is 2. The van der Waals surface area contributed by atoms with Gasteiger partial charge < -0.3 is 19.6 Å². The molecule has 3 atom stereocenters. The van der Waals surface area contributed by atoms with Crippen LogP contribution in [-0.2, 0) is 10.2 Å². The lowest BCUT2D eigenvalue weighted by Crippen LogP contribution is -2.57. The molecule has 0 saturated carbocycles. The maximum Gasteiger partial charge on any atom is 0.319 e. The number of piperazine rings is 1. The van der Waals surface area contributed by atoms with Crippen LogP contribution in [0, 0.1) is 5.82 Å². The predicted octanol–water partition coefficient (Wildman–Crippen LogP) is 3.62. The number of ether oxygens (including phenoxy) is 1. The average Bonchev–Trinajstić information content (AvgIpc) is 3.50. The molecule has 0 unspecified atom stereocenters. The number of likely N-dealkylation sites (N-methyl/N-ethyl adjacent to an activating group) is 1. The summed E-state index contributed by atoms with van der Waals surface area (Å²) < 4.78 is 48.7. The van der Waals surface area contributed by atoms with E-state index in [1.165, 1.54) is 4.31 Å². The number of phenolic OH excluding ortho intramolecular Hbond substituents is 1. The van der Waals surface area contributed by atoms with E-state index >= 15 is 4.39 Å². The third-order valence-corrected chi connectivity index (χ3v) is 10.2. The van der Waals surface area contributed by atoms with E-state index in [1.54, 1.807) is 24.3 Å². The summed E-state index contributed by atoms with van der Waals surface area (Å²) in [5.41, 5.74) is 0.973. The van der Waals surface area contributed by atoms with Crippen molar-refractivity contribution < 1.29 is 22.7 Å². The summed E-state index contributed by atoms with van der Waals surface area (Å²) in [6, 6.07) is 13.9. The van der Waals surface area contributed by atoms with Crippen molar-refractivity contribution in [2.75, 3.05) is 38.2 Å². The first-order chi connectivity index (χ1) is 20.2. The Hall–Kier alpha value is -3.58. The van der Waals surface area contributed by atoms with Crippen LogP contribution < -0.4 is 14.8 Å². The first-order valence-electron chi connectivity index (χ1n) is 14.3. The normalized spacial score (nSPS) is 23.3. The molecule has 2 bridgehead atoms. The van der Waals surface area contributed by atoms with E-state index in [9.17, 15) is 13.5 Å². The van der Waals surface area contributed by atoms with E-state index < -0.39 is 16.0 Å². The third kappa shape index (κ3) is 4.72. The highest BCUT2D eigenvalue weighted by Crippen LogP contribution is 2.40. The van der Waals surface area contributed by atoms with Gasteiger partial charge in [-0.2, -0.15) is 22.7 Å². The zero-order valence-corrected chi connectivity index (χ0v) is 24.1. The van der Waals surface area contributed by atoms with Crippen LogP contribution in [0.3, 0.4) is 0 Å². The molecule has 4 heterocycles. The molecule has 3 fully saturated rings. The molecule has 3 aliphatic heterocycles. The molecular formula is C30H33FN6O4S. The minimum atomic E-state index is -3.84. The molecule has 3 aromatic carbocycles. The number of benzene rings is 3. The minimum absolute atomic E-state index is 0.0412. The third-order valence-electron chi connectivity index (χ3n) is 8.99. The quantitative estimate of drug-likeness (QED) is 0.348. The number of likely N-dealkylation sites (tertiary alicyclic amines) is 1. The number of rotatable bonds is 6. The standard InChI is InChI=1S/C30H33FN6O4S/c1-35-12-4-6-21(35)17-41-30-33-28-25(29(34-30)36-15-19-8-9-20(16-36)37(19)42(32,39)40)11-10-24(27(28)31)26-14-22(38)13-18-5-2-3-7-23(18)26/h2-3,5,7,10-11,13-14,19-21,38H,4,6,8-9,12,15-17H2,1H3,(H2,32,39,40)/t19-,20+,21-/m0/s1. The first kappa shape index (κ1) is 27.3. The molecule has 220 valence electrons. The summed E-state index contributed by atoms with van der Waals surface area (Å²) in [5, 5.41) is 18.1. The van der Waals surface area contributed by atoms with E-state index in [1.807, 2.05) is 29.2 Å². The van der Waals surface area contributed by atoms with Gasteiger partial charge in [0.05, 0.1) is 0 Å². The van der Waals surface area contributed by atoms with Gasteiger partial charge in [0.15, 0.2) is 5.82 Å². The molecular weight excluding hydrogens is 559 g/mol. The van der Waals surface area contributed by atoms with Crippen LogP contribution in [-0.4, -0.2) is 84.1 Å². The maximum atomic E-state index is 16.6. The van der Waals surface area contributed by atoms with Crippen molar-refractivity contribution in [2.45, 2.75) is 43.8 Å². The van der Waals surface area contributed by atoms with Gasteiger partial charge in [-0.1, -0.05) is 30.3 Å². The highest BCUT2D eigenvalue weighted by molar-refractivity contribution is 7.86. The van der Waals surface area contributed by atoms with Crippen molar-refractivity contribution in [3.63, 3.8) is 0 Å². The van der Waals surface area contributed by atoms with Crippen molar-refractivity contribution in [1.82, 2.24) is 19.2 Å². The lowest BCUT2D eigenvalue weighted by atomic mass is 9.96. The second kappa shape index (κ2) is 10.3. The van der Waals surface area contributed by atoms with Gasteiger partial charge in [-0.05, 0) is 73.8 Å². The Kier molecular flexibility index (Phi) is 6.69. The summed E-state index contributed by atoms with van der Waals surface area (Å²) in [7, 11) is -1.79. The first-order valence-corrected chi connectivity index (χ1v) is 15.8. The summed E-state index contributed by atoms with van der Waals surface area (Å²) in [5.74, 6) is 0.00678. The number of nitrogens with zero attached hydrogens (tertiary/aromatic N) is 5. The number of anilines is 1. The lowest BCUT2D eigenvalue weighted by molar-refractivity contribution is 0.188. The molecule has 3 aliphatic rings. The molecule has 42 heavy (non-hydrogen) atoms. The number of nitrogens with two attached hydrogens (primary N) is 1. The van der Waals surface area contributed by atoms with Crippen LogP contribution in [0.5, 0.6) is 11.8 Å². The van der Waals surface area contributed by atoms with Crippen LogP contribution in [0.25, 0.3) is 32.8 Å². The number of hydrogen-bond acceptors (Lipinski definition) is 8. The molecule has 0 radical (unpaired) electrons. The molecule has 0 spiro atoms. The number of hydrogen-bond donors (Lipinski definition) is 2. The average molecular weight is 593 g/mol. The summed E-state index contributed by atoms with van der Waals surface area (Å²) in [4.78, 5) is 13.6. The van der Waals surface area contributed by atoms with Crippen LogP contribution >= 0.6 is 0 Å². The van der Waals surface area contributed by atoms with Crippen LogP contribution in [0.15, 0.2) is 48.5 Å². The van der Waals surface area contributed by atoms with Crippen LogP contribution in [0.4, 0.5) is 10.2 Å². The van der Waals surface area contributed by atoms with Crippen molar-refractivity contribution in [3.05, 3.63) is 54.3 Å². The van der Waals surface area contributed by atoms with E-state index in [0.29, 0.717) is 54.9 Å². The molecule has 0 amide bonds. The summed E-state index contributed by atoms with van der Waals surface area (Å²) in [6.45, 7) is 2.13. The predicted molar refractivity (Wildman–Crippen MR) is 159 cm³/mol. The molecule has 12 heteroatoms. The molecule has 7 rings (SSSR count). The molecule has 0 aliphatic carbocycles. The molecule has 10 nitrogen and oxygen atoms in total. The van der Waals surface area contributed by atoms with E-state index in [0.717, 1.165) is 30.2 Å². The smallest absolute Gasteiger partial charge is 0.319 e. The monoisotopic (exact) mass is 592 g/mol. The number of aromatic hydroxyl groups is 1. The number of fused-ring (bicyclic) bond motifs is 4. The van der Waals surface area contributed by atoms with Crippen molar-refractivity contribution >= 4 is 37.7 Å². The molecule has 1 aromatic heterocycles. The fraction of sp³-hybridized carbons (Fsp3) is 0.400. The van der Waals surface area contributed by atoms with Crippen LogP contribution in [0.2, 0.25) is 0 Å². The largest absolute Gasteiger partial charge is 0.508 e. The molecule has 3 saturated heterocycles. The topological polar surface area (TPSA) is 125 Å². The summed E-state index contributed by atoms with van der Waals surface area (Å²) >= 11 is 0. The van der Waals surface area contributed by atoms with Gasteiger partial charge in [0.25, 0.3) is 10.2 Å². The highest BCUT2D eigenvalue weighted by atomic mass is 32.2. The number of halogens is 1. The zero-order valence-electron chi connectivity index (χ0n) is 23.3. The van der Waals surface area contributed by atoms with Gasteiger partial charge in [-0.15, -0.1) is 0 Å². The van der Waals surface area contributed by atoms with Gasteiger partial charge in [-0.3, -0.25) is 0 Å². The minimum Gasteiger partial charge on any atom is -0.508 e. The van der Waals surface area contributed by atoms with Gasteiger partial charge in [0.2, 0.25) is 0 Å². The number of phenols is 1. The maximum absolute atomic E-state index is 16.6. The highest BCUT2D eigenvalue weighted by Gasteiger charge is 2.46. The Morgan fingerprint density at radius 2 is 1.79 bits per heavy atom. The second-order valence-corrected chi connectivity index (χ2v) is 13.1. The van der Waals surface area contributed by atoms with Crippen molar-refractivity contribution in [3.8, 4) is 22.9 Å². The zero-order chi connectivity index (χ0) is 29.2. The van der Waals surface area contributed by atoms with Gasteiger partial charge in [-0.25, -0.2) is 9.53 Å². The fourth-order valence-electron chi connectivity index (χ4n) is 6.97. The SMILES string of the molecule is CN1CCC[C@H]1COc1nc(N2C[C@H]3CC[C@@H](C2)N3S(N)(=O)=O)c2ccc(-c3cc(O)cc4ccccc34)c(F)c2n1. The summed E-state index contributed by atoms with van der Waals surface area (Å²) in [6.07, 6.45) is 3.47. The van der Waals surface area contributed by atoms with E-state index in [-0.39, 0.29) is 35.4 Å². The Labute approximate surface area is 243 Å². The molecule has 4 aromatic rings. The van der Waals surface area contributed by atoms with Crippen LogP contribution in [0.1, 0.15) is 25.7 Å². The van der Waals surface area contributed by atoms with Gasteiger partial charge >= 0.3 is 6.01 Å². The van der Waals surface area contributed by atoms with E-state index in [4.69, 9.17) is 14.9 Å². The Morgan fingerprint density at radius 1 is 1.02 bits per heavy atom. The van der Waals surface area contributed by atoms with Crippen molar-refractivity contribution in [2.24, 2.45) is 5.14 Å². The fourth-order valence-corrected chi connectivity index (χ4v) is 8.15. The van der Waals surface area contributed by atoms with Gasteiger partial charge in [0, 0.05) is 42.2 Å². The Morgan fingerprint density at radius 3 is 2.50 bits per heavy atom. The van der Waals surface area contributed by atoms with Gasteiger partial charge in [0.1, 0.15) is 23.7 Å². The second-order valence-electron chi connectivity index (χ2n) is 11.6. The van der Waals surface area contributed by atoms with E-state index in [2.05, 4.69) is 16.9 Å². The lowest BCUT2D eigenvalue weighted by Gasteiger charge is -2.40.